The predicted octanol–water partition coefficient (Wildman–Crippen LogP) is 14.1. The van der Waals surface area contributed by atoms with Gasteiger partial charge in [-0.15, -0.1) is 0 Å². The summed E-state index contributed by atoms with van der Waals surface area (Å²) in [5.41, 5.74) is 0. The molecule has 0 aliphatic heterocycles. The van der Waals surface area contributed by atoms with E-state index in [0.29, 0.717) is 0 Å². The molecule has 0 aliphatic rings. The third-order valence-electron chi connectivity index (χ3n) is 6.50. The van der Waals surface area contributed by atoms with Crippen molar-refractivity contribution in [2.45, 2.75) is 222 Å². The molecule has 248 valence electrons. The van der Waals surface area contributed by atoms with Crippen molar-refractivity contribution in [2.24, 2.45) is 0 Å². The van der Waals surface area contributed by atoms with Crippen molar-refractivity contribution in [2.75, 3.05) is 11.5 Å². The van der Waals surface area contributed by atoms with Crippen LogP contribution in [-0.4, -0.2) is 35.4 Å². The van der Waals surface area contributed by atoms with E-state index in [0.717, 1.165) is 11.5 Å². The van der Waals surface area contributed by atoms with Crippen LogP contribution in [-0.2, 0) is 25.3 Å². The number of rotatable bonds is 26. The largest absolute Gasteiger partial charge is 2.00 e. The Bertz CT molecular complexity index is 293. The first-order chi connectivity index (χ1) is 19.3. The van der Waals surface area contributed by atoms with Gasteiger partial charge in [-0.25, -0.2) is 0 Å². The van der Waals surface area contributed by atoms with Crippen LogP contribution in [0.4, 0.5) is 0 Å². The van der Waals surface area contributed by atoms with E-state index in [1.807, 2.05) is 0 Å². The smallest absolute Gasteiger partial charge is 0.793 e. The second-order valence-electron chi connectivity index (χ2n) is 12.9. The van der Waals surface area contributed by atoms with Crippen LogP contribution >= 0.6 is 0 Å². The van der Waals surface area contributed by atoms with Crippen LogP contribution in [0.2, 0.25) is 0 Å². The average Bonchev–Trinajstić information content (AvgIpc) is 2.90. The molecule has 0 saturated heterocycles. The molecule has 4 radical (unpaired) electrons. The van der Waals surface area contributed by atoms with Gasteiger partial charge in [0, 0.05) is 0 Å². The molecule has 0 bridgehead atoms. The van der Waals surface area contributed by atoms with E-state index in [1.165, 1.54) is 179 Å². The Labute approximate surface area is 293 Å². The van der Waals surface area contributed by atoms with Crippen molar-refractivity contribution in [3.05, 3.63) is 11.8 Å². The van der Waals surface area contributed by atoms with Gasteiger partial charge in [0.15, 0.2) is 0 Å². The fourth-order valence-electron chi connectivity index (χ4n) is 4.24. The fraction of sp³-hybridized carbons (Fsp3) is 0.947. The van der Waals surface area contributed by atoms with Gasteiger partial charge in [0.05, 0.1) is 0 Å². The molecule has 0 spiro atoms. The van der Waals surface area contributed by atoms with Gasteiger partial charge in [0.2, 0.25) is 0 Å². The van der Waals surface area contributed by atoms with E-state index < -0.39 is 0 Å². The molecule has 0 rings (SSSR count). The van der Waals surface area contributed by atoms with Crippen molar-refractivity contribution < 1.29 is 0 Å². The zero-order valence-corrected chi connectivity index (χ0v) is 34.6. The molecule has 0 atom stereocenters. The first-order valence-electron chi connectivity index (χ1n) is 18.0. The molecular weight excluding hydrogens is 639 g/mol. The van der Waals surface area contributed by atoms with Crippen LogP contribution in [0.5, 0.6) is 0 Å². The SMILES string of the molecule is CCCCCCCCCCCCCCC[S-].CCCCCCCCCCCCCCC[S-].C[C](C)C.C[C](C)C.[Sn+2]. The fourth-order valence-corrected chi connectivity index (χ4v) is 4.65. The summed E-state index contributed by atoms with van der Waals surface area (Å²) >= 11 is 9.86. The second kappa shape index (κ2) is 54.0. The van der Waals surface area contributed by atoms with Gasteiger partial charge in [0.25, 0.3) is 0 Å². The summed E-state index contributed by atoms with van der Waals surface area (Å²) in [6.45, 7) is 17.1. The molecule has 41 heavy (non-hydrogen) atoms. The standard InChI is InChI=1S/2C15H32S.2C4H9.Sn/c2*1-2-3-4-5-6-7-8-9-10-11-12-13-14-15-16;2*1-4(2)3;/h2*16H,2-15H2,1H3;2*1-3H3;/q;;;;+2/p-2. The molecular formula is C38H80S2Sn. The zero-order valence-electron chi connectivity index (χ0n) is 30.1. The van der Waals surface area contributed by atoms with Crippen molar-refractivity contribution in [3.63, 3.8) is 0 Å². The third kappa shape index (κ3) is 85.6. The van der Waals surface area contributed by atoms with E-state index in [1.54, 1.807) is 0 Å². The Balaban J connectivity index is -0.000000163. The van der Waals surface area contributed by atoms with E-state index >= 15 is 0 Å². The van der Waals surface area contributed by atoms with E-state index in [-0.39, 0.29) is 23.9 Å². The van der Waals surface area contributed by atoms with Crippen molar-refractivity contribution in [1.82, 2.24) is 0 Å². The Morgan fingerprint density at radius 1 is 0.293 bits per heavy atom. The maximum absolute atomic E-state index is 4.93. The minimum absolute atomic E-state index is 0. The van der Waals surface area contributed by atoms with Gasteiger partial charge in [-0.2, -0.15) is 11.5 Å². The van der Waals surface area contributed by atoms with Gasteiger partial charge in [-0.05, 0) is 11.8 Å². The summed E-state index contributed by atoms with van der Waals surface area (Å²) in [5, 5.41) is 0. The molecule has 0 aromatic heterocycles. The number of hydrogen-bond acceptors (Lipinski definition) is 2. The summed E-state index contributed by atoms with van der Waals surface area (Å²) in [6.07, 6.45) is 37.0. The van der Waals surface area contributed by atoms with Crippen molar-refractivity contribution in [3.8, 4) is 0 Å². The Morgan fingerprint density at radius 3 is 0.537 bits per heavy atom. The second-order valence-corrected chi connectivity index (χ2v) is 13.7. The molecule has 3 heteroatoms. The van der Waals surface area contributed by atoms with E-state index in [9.17, 15) is 0 Å². The van der Waals surface area contributed by atoms with Crippen molar-refractivity contribution in [1.29, 1.82) is 0 Å². The Kier molecular flexibility index (Phi) is 68.6. The zero-order chi connectivity index (χ0) is 31.0. The molecule has 0 nitrogen and oxygen atoms in total. The van der Waals surface area contributed by atoms with Crippen LogP contribution in [0.25, 0.3) is 0 Å². The topological polar surface area (TPSA) is 0 Å². The van der Waals surface area contributed by atoms with Crippen LogP contribution in [0, 0.1) is 11.8 Å². The van der Waals surface area contributed by atoms with Gasteiger partial charge in [-0.1, -0.05) is 222 Å². The van der Waals surface area contributed by atoms with Crippen molar-refractivity contribution >= 4 is 49.2 Å². The molecule has 0 unspecified atom stereocenters. The van der Waals surface area contributed by atoms with E-state index in [4.69, 9.17) is 25.3 Å². The van der Waals surface area contributed by atoms with Gasteiger partial charge < -0.3 is 25.3 Å². The Morgan fingerprint density at radius 2 is 0.415 bits per heavy atom. The van der Waals surface area contributed by atoms with Gasteiger partial charge >= 0.3 is 23.9 Å². The third-order valence-corrected chi connectivity index (χ3v) is 7.07. The molecule has 0 heterocycles. The summed E-state index contributed by atoms with van der Waals surface area (Å²) < 4.78 is 0. The quantitative estimate of drug-likeness (QED) is 0.0496. The molecule has 0 aromatic rings. The van der Waals surface area contributed by atoms with Crippen LogP contribution in [0.3, 0.4) is 0 Å². The normalized spacial score (nSPS) is 10.2. The summed E-state index contributed by atoms with van der Waals surface area (Å²) in [5.74, 6) is 4.75. The van der Waals surface area contributed by atoms with Crippen LogP contribution < -0.4 is 0 Å². The maximum atomic E-state index is 4.93. The van der Waals surface area contributed by atoms with Crippen LogP contribution in [0.15, 0.2) is 0 Å². The number of hydrogen-bond donors (Lipinski definition) is 0. The summed E-state index contributed by atoms with van der Waals surface area (Å²) in [4.78, 5) is 0. The number of unbranched alkanes of at least 4 members (excludes halogenated alkanes) is 24. The molecule has 0 N–H and O–H groups in total. The minimum atomic E-state index is 0. The summed E-state index contributed by atoms with van der Waals surface area (Å²) in [6, 6.07) is 0. The van der Waals surface area contributed by atoms with Gasteiger partial charge in [-0.3, -0.25) is 0 Å². The van der Waals surface area contributed by atoms with Crippen LogP contribution in [0.1, 0.15) is 222 Å². The summed E-state index contributed by atoms with van der Waals surface area (Å²) in [7, 11) is 0. The monoisotopic (exact) mass is 720 g/mol. The van der Waals surface area contributed by atoms with Gasteiger partial charge in [0.1, 0.15) is 0 Å². The first-order valence-corrected chi connectivity index (χ1v) is 19.1. The van der Waals surface area contributed by atoms with E-state index in [2.05, 4.69) is 55.4 Å². The molecule has 0 aromatic carbocycles. The average molecular weight is 720 g/mol. The molecule has 0 saturated carbocycles. The molecule has 0 aliphatic carbocycles. The predicted molar refractivity (Wildman–Crippen MR) is 202 cm³/mol. The first kappa shape index (κ1) is 52.0. The maximum Gasteiger partial charge on any atom is 2.00 e. The molecule has 0 fully saturated rings. The Hall–Kier alpha value is 1.50. The minimum Gasteiger partial charge on any atom is -0.793 e. The molecule has 0 amide bonds.